The summed E-state index contributed by atoms with van der Waals surface area (Å²) >= 11 is 0. The lowest BCUT2D eigenvalue weighted by Gasteiger charge is -2.01. The molecule has 3 nitrogen and oxygen atoms in total. The van der Waals surface area contributed by atoms with E-state index in [1.165, 1.54) is 12.8 Å². The van der Waals surface area contributed by atoms with Crippen LogP contribution >= 0.6 is 0 Å². The topological polar surface area (TPSA) is 40.7 Å². The van der Waals surface area contributed by atoms with Crippen molar-refractivity contribution in [2.45, 2.75) is 32.6 Å². The summed E-state index contributed by atoms with van der Waals surface area (Å²) in [4.78, 5) is 7.27. The van der Waals surface area contributed by atoms with Gasteiger partial charge in [0.25, 0.3) is 0 Å². The van der Waals surface area contributed by atoms with Crippen LogP contribution in [-0.4, -0.2) is 23.1 Å². The van der Waals surface area contributed by atoms with Crippen molar-refractivity contribution < 1.29 is 0 Å². The second-order valence-corrected chi connectivity index (χ2v) is 3.24. The molecule has 0 bridgehead atoms. The average Bonchev–Trinajstić information content (AvgIpc) is 2.63. The highest BCUT2D eigenvalue weighted by Gasteiger charge is 1.93. The van der Waals surface area contributed by atoms with Gasteiger partial charge in [-0.1, -0.05) is 13.3 Å². The van der Waals surface area contributed by atoms with Crippen molar-refractivity contribution in [1.29, 1.82) is 0 Å². The molecule has 0 aliphatic heterocycles. The first kappa shape index (κ1) is 10.3. The Hall–Kier alpha value is -0.830. The molecule has 0 unspecified atom stereocenters. The molecule has 1 heterocycles. The number of nitrogens with zero attached hydrogens (tertiary/aromatic N) is 1. The number of aromatic amines is 1. The first-order valence-electron chi connectivity index (χ1n) is 5.12. The summed E-state index contributed by atoms with van der Waals surface area (Å²) in [5.74, 6) is 1.09. The van der Waals surface area contributed by atoms with Gasteiger partial charge in [-0.05, 0) is 25.9 Å². The average molecular weight is 181 g/mol. The molecular formula is C10H19N3. The first-order valence-corrected chi connectivity index (χ1v) is 5.12. The monoisotopic (exact) mass is 181 g/mol. The summed E-state index contributed by atoms with van der Waals surface area (Å²) in [6.07, 6.45) is 8.44. The van der Waals surface area contributed by atoms with Gasteiger partial charge in [-0.15, -0.1) is 0 Å². The zero-order chi connectivity index (χ0) is 9.36. The Balaban J connectivity index is 1.90. The minimum absolute atomic E-state index is 1.05. The van der Waals surface area contributed by atoms with E-state index in [9.17, 15) is 0 Å². The lowest BCUT2D eigenvalue weighted by molar-refractivity contribution is 0.611. The molecule has 1 aromatic heterocycles. The molecule has 0 fully saturated rings. The van der Waals surface area contributed by atoms with Crippen LogP contribution in [-0.2, 0) is 6.42 Å². The Morgan fingerprint density at radius 2 is 2.23 bits per heavy atom. The third kappa shape index (κ3) is 4.68. The summed E-state index contributed by atoms with van der Waals surface area (Å²) in [5.41, 5.74) is 0. The van der Waals surface area contributed by atoms with Gasteiger partial charge >= 0.3 is 0 Å². The van der Waals surface area contributed by atoms with Crippen molar-refractivity contribution >= 4 is 0 Å². The number of H-pyrrole nitrogens is 1. The third-order valence-electron chi connectivity index (χ3n) is 2.03. The summed E-state index contributed by atoms with van der Waals surface area (Å²) in [5, 5.41) is 3.41. The quantitative estimate of drug-likeness (QED) is 0.629. The molecule has 1 rings (SSSR count). The smallest absolute Gasteiger partial charge is 0.106 e. The van der Waals surface area contributed by atoms with Crippen LogP contribution in [0.15, 0.2) is 12.4 Å². The van der Waals surface area contributed by atoms with Gasteiger partial charge in [-0.3, -0.25) is 0 Å². The second-order valence-electron chi connectivity index (χ2n) is 3.24. The fraction of sp³-hybridized carbons (Fsp3) is 0.700. The molecule has 1 aromatic rings. The maximum atomic E-state index is 4.17. The van der Waals surface area contributed by atoms with E-state index in [0.29, 0.717) is 0 Å². The molecule has 0 atom stereocenters. The van der Waals surface area contributed by atoms with Gasteiger partial charge in [0.15, 0.2) is 0 Å². The molecule has 0 aliphatic carbocycles. The van der Waals surface area contributed by atoms with Crippen LogP contribution < -0.4 is 5.32 Å². The number of hydrogen-bond acceptors (Lipinski definition) is 2. The van der Waals surface area contributed by atoms with Crippen LogP contribution in [0.2, 0.25) is 0 Å². The molecule has 74 valence electrons. The van der Waals surface area contributed by atoms with E-state index in [1.54, 1.807) is 6.20 Å². The lowest BCUT2D eigenvalue weighted by atomic mass is 10.3. The Bertz CT molecular complexity index is 194. The number of aryl methyl sites for hydroxylation is 1. The van der Waals surface area contributed by atoms with Crippen LogP contribution in [0, 0.1) is 0 Å². The number of aromatic nitrogens is 2. The predicted molar refractivity (Wildman–Crippen MR) is 54.7 cm³/mol. The van der Waals surface area contributed by atoms with Crippen molar-refractivity contribution in [3.05, 3.63) is 18.2 Å². The SMILES string of the molecule is CCCCNCCCc1ncc[nH]1. The molecule has 0 aromatic carbocycles. The highest BCUT2D eigenvalue weighted by molar-refractivity contribution is 4.86. The highest BCUT2D eigenvalue weighted by atomic mass is 14.9. The molecule has 13 heavy (non-hydrogen) atoms. The van der Waals surface area contributed by atoms with Crippen molar-refractivity contribution in [2.75, 3.05) is 13.1 Å². The van der Waals surface area contributed by atoms with Crippen LogP contribution in [0.1, 0.15) is 32.0 Å². The molecular weight excluding hydrogens is 162 g/mol. The Morgan fingerprint density at radius 3 is 2.92 bits per heavy atom. The zero-order valence-electron chi connectivity index (χ0n) is 8.34. The summed E-state index contributed by atoms with van der Waals surface area (Å²) in [6.45, 7) is 4.46. The lowest BCUT2D eigenvalue weighted by Crippen LogP contribution is -2.17. The van der Waals surface area contributed by atoms with Crippen LogP contribution in [0.3, 0.4) is 0 Å². The van der Waals surface area contributed by atoms with Gasteiger partial charge in [-0.2, -0.15) is 0 Å². The first-order chi connectivity index (χ1) is 6.43. The standard InChI is InChI=1S/C10H19N3/c1-2-3-6-11-7-4-5-10-12-8-9-13-10/h8-9,11H,2-7H2,1H3,(H,12,13). The normalized spacial score (nSPS) is 10.5. The van der Waals surface area contributed by atoms with Gasteiger partial charge in [-0.25, -0.2) is 4.98 Å². The summed E-state index contributed by atoms with van der Waals surface area (Å²) in [7, 11) is 0. The molecule has 2 N–H and O–H groups in total. The highest BCUT2D eigenvalue weighted by Crippen LogP contribution is 1.93. The Labute approximate surface area is 80.0 Å². The van der Waals surface area contributed by atoms with Crippen molar-refractivity contribution in [3.63, 3.8) is 0 Å². The summed E-state index contributed by atoms with van der Waals surface area (Å²) in [6, 6.07) is 0. The third-order valence-corrected chi connectivity index (χ3v) is 2.03. The molecule has 0 aliphatic rings. The van der Waals surface area contributed by atoms with E-state index in [1.807, 2.05) is 6.20 Å². The molecule has 0 radical (unpaired) electrons. The minimum Gasteiger partial charge on any atom is -0.349 e. The number of imidazole rings is 1. The van der Waals surface area contributed by atoms with E-state index in [2.05, 4.69) is 22.2 Å². The van der Waals surface area contributed by atoms with Crippen molar-refractivity contribution in [2.24, 2.45) is 0 Å². The van der Waals surface area contributed by atoms with Crippen LogP contribution in [0.25, 0.3) is 0 Å². The van der Waals surface area contributed by atoms with Gasteiger partial charge in [0.05, 0.1) is 0 Å². The zero-order valence-corrected chi connectivity index (χ0v) is 8.34. The van der Waals surface area contributed by atoms with Gasteiger partial charge < -0.3 is 10.3 Å². The Morgan fingerprint density at radius 1 is 1.38 bits per heavy atom. The van der Waals surface area contributed by atoms with Crippen LogP contribution in [0.5, 0.6) is 0 Å². The molecule has 3 heteroatoms. The van der Waals surface area contributed by atoms with E-state index in [-0.39, 0.29) is 0 Å². The number of nitrogens with one attached hydrogen (secondary N) is 2. The number of unbranched alkanes of at least 4 members (excludes halogenated alkanes) is 1. The Kier molecular flexibility index (Phi) is 5.25. The molecule has 0 spiro atoms. The van der Waals surface area contributed by atoms with E-state index in [0.717, 1.165) is 31.8 Å². The van der Waals surface area contributed by atoms with Gasteiger partial charge in [0.2, 0.25) is 0 Å². The molecule has 0 saturated heterocycles. The number of rotatable bonds is 7. The summed E-state index contributed by atoms with van der Waals surface area (Å²) < 4.78 is 0. The minimum atomic E-state index is 1.05. The fourth-order valence-electron chi connectivity index (χ4n) is 1.24. The van der Waals surface area contributed by atoms with Crippen molar-refractivity contribution in [1.82, 2.24) is 15.3 Å². The second kappa shape index (κ2) is 6.66. The molecule has 0 saturated carbocycles. The molecule has 0 amide bonds. The van der Waals surface area contributed by atoms with E-state index < -0.39 is 0 Å². The maximum absolute atomic E-state index is 4.17. The van der Waals surface area contributed by atoms with Gasteiger partial charge in [0.1, 0.15) is 5.82 Å². The number of hydrogen-bond donors (Lipinski definition) is 2. The maximum Gasteiger partial charge on any atom is 0.106 e. The fourth-order valence-corrected chi connectivity index (χ4v) is 1.24. The largest absolute Gasteiger partial charge is 0.349 e. The van der Waals surface area contributed by atoms with E-state index in [4.69, 9.17) is 0 Å². The predicted octanol–water partition coefficient (Wildman–Crippen LogP) is 1.73. The van der Waals surface area contributed by atoms with Crippen molar-refractivity contribution in [3.8, 4) is 0 Å². The van der Waals surface area contributed by atoms with Gasteiger partial charge in [0, 0.05) is 18.8 Å². The van der Waals surface area contributed by atoms with Crippen LogP contribution in [0.4, 0.5) is 0 Å². The van der Waals surface area contributed by atoms with E-state index >= 15 is 0 Å².